The standard InChI is InChI=1S/C32H27F3N12/c33-32(34,35)46-19-21(17-40-46)25-7-8-26-31(42-25)47(30(43-26)24-2-1-12-39-29(24)37)23-5-3-20(4-6-23)18-45-14-10-22(11-15-45)41-27-9-13-38-28(16-36)44-27/h1-9,12-13,17,19,22H,10-11,14-15,18H2,(H2,37,39)(H,38,41,44). The van der Waals surface area contributed by atoms with E-state index in [0.29, 0.717) is 34.1 Å². The lowest BCUT2D eigenvalue weighted by Crippen LogP contribution is -2.38. The van der Waals surface area contributed by atoms with E-state index in [0.717, 1.165) is 56.1 Å². The molecule has 3 N–H and O–H groups in total. The molecule has 0 saturated carbocycles. The van der Waals surface area contributed by atoms with E-state index in [9.17, 15) is 13.2 Å². The van der Waals surface area contributed by atoms with Gasteiger partial charge in [-0.15, -0.1) is 13.2 Å². The highest BCUT2D eigenvalue weighted by atomic mass is 19.4. The van der Waals surface area contributed by atoms with Gasteiger partial charge in [0.2, 0.25) is 5.82 Å². The molecule has 6 aromatic rings. The Morgan fingerprint density at radius 1 is 0.957 bits per heavy atom. The van der Waals surface area contributed by atoms with Gasteiger partial charge in [-0.2, -0.15) is 15.0 Å². The van der Waals surface area contributed by atoms with Crippen LogP contribution >= 0.6 is 0 Å². The number of alkyl halides is 3. The van der Waals surface area contributed by atoms with Crippen LogP contribution in [0.2, 0.25) is 0 Å². The van der Waals surface area contributed by atoms with Crippen LogP contribution in [-0.4, -0.2) is 63.3 Å². The fraction of sp³-hybridized carbons (Fsp3) is 0.219. The SMILES string of the molecule is N#Cc1nccc(NC2CCN(Cc3ccc(-n4c(-c5cccnc5N)nc5ccc(-c6cnn(C(F)(F)F)c6)nc54)cc3)CC2)n1. The van der Waals surface area contributed by atoms with E-state index in [2.05, 4.69) is 30.3 Å². The molecule has 1 aromatic carbocycles. The molecule has 47 heavy (non-hydrogen) atoms. The molecule has 236 valence electrons. The first kappa shape index (κ1) is 29.8. The number of benzene rings is 1. The Morgan fingerprint density at radius 3 is 2.49 bits per heavy atom. The van der Waals surface area contributed by atoms with Crippen LogP contribution in [0, 0.1) is 11.3 Å². The van der Waals surface area contributed by atoms with Crippen molar-refractivity contribution in [2.75, 3.05) is 24.1 Å². The largest absolute Gasteiger partial charge is 0.504 e. The number of nitriles is 1. The number of piperidine rings is 1. The summed E-state index contributed by atoms with van der Waals surface area (Å²) in [5, 5.41) is 15.9. The van der Waals surface area contributed by atoms with Crippen molar-refractivity contribution in [3.8, 4) is 34.4 Å². The fourth-order valence-electron chi connectivity index (χ4n) is 5.69. The average Bonchev–Trinajstić information content (AvgIpc) is 3.72. The van der Waals surface area contributed by atoms with Gasteiger partial charge in [-0.1, -0.05) is 12.1 Å². The first-order valence-electron chi connectivity index (χ1n) is 14.8. The van der Waals surface area contributed by atoms with E-state index >= 15 is 0 Å². The highest BCUT2D eigenvalue weighted by Crippen LogP contribution is 2.32. The number of halogens is 3. The summed E-state index contributed by atoms with van der Waals surface area (Å²) in [4.78, 5) is 24.3. The monoisotopic (exact) mass is 636 g/mol. The second kappa shape index (κ2) is 12.1. The molecule has 1 aliphatic rings. The predicted octanol–water partition coefficient (Wildman–Crippen LogP) is 5.14. The number of imidazole rings is 1. The van der Waals surface area contributed by atoms with Crippen LogP contribution in [0.25, 0.3) is 39.5 Å². The minimum atomic E-state index is -4.63. The van der Waals surface area contributed by atoms with Gasteiger partial charge in [0.05, 0.1) is 17.5 Å². The molecule has 0 radical (unpaired) electrons. The number of aromatic nitrogens is 8. The number of rotatable bonds is 7. The van der Waals surface area contributed by atoms with E-state index in [-0.39, 0.29) is 27.9 Å². The highest BCUT2D eigenvalue weighted by molar-refractivity contribution is 5.84. The first-order chi connectivity index (χ1) is 22.7. The van der Waals surface area contributed by atoms with E-state index in [4.69, 9.17) is 21.0 Å². The Labute approximate surface area is 266 Å². The van der Waals surface area contributed by atoms with Gasteiger partial charge in [0.25, 0.3) is 0 Å². The normalized spacial score (nSPS) is 14.3. The smallest absolute Gasteiger partial charge is 0.383 e. The Hall–Kier alpha value is -5.88. The molecular formula is C32H27F3N12. The summed E-state index contributed by atoms with van der Waals surface area (Å²) in [7, 11) is 0. The lowest BCUT2D eigenvalue weighted by molar-refractivity contribution is -0.212. The third-order valence-electron chi connectivity index (χ3n) is 8.02. The molecule has 12 nitrogen and oxygen atoms in total. The van der Waals surface area contributed by atoms with Gasteiger partial charge in [0.1, 0.15) is 23.2 Å². The van der Waals surface area contributed by atoms with Crippen LogP contribution in [0.4, 0.5) is 24.8 Å². The van der Waals surface area contributed by atoms with Crippen molar-refractivity contribution in [2.24, 2.45) is 0 Å². The molecule has 6 heterocycles. The number of nitrogens with one attached hydrogen (secondary N) is 1. The van der Waals surface area contributed by atoms with Gasteiger partial charge < -0.3 is 11.1 Å². The zero-order chi connectivity index (χ0) is 32.5. The molecule has 1 saturated heterocycles. The first-order valence-corrected chi connectivity index (χ1v) is 14.8. The van der Waals surface area contributed by atoms with Crippen LogP contribution in [0.3, 0.4) is 0 Å². The number of nitrogens with two attached hydrogens (primary N) is 1. The molecule has 1 aliphatic heterocycles. The van der Waals surface area contributed by atoms with E-state index in [1.54, 1.807) is 36.7 Å². The van der Waals surface area contributed by atoms with Gasteiger partial charge in [0.15, 0.2) is 11.5 Å². The van der Waals surface area contributed by atoms with Gasteiger partial charge in [0, 0.05) is 55.5 Å². The summed E-state index contributed by atoms with van der Waals surface area (Å²) in [6.07, 6.45) is 2.43. The quantitative estimate of drug-likeness (QED) is 0.241. The van der Waals surface area contributed by atoms with Crippen molar-refractivity contribution in [1.82, 2.24) is 44.2 Å². The third-order valence-corrected chi connectivity index (χ3v) is 8.02. The average molecular weight is 637 g/mol. The molecular weight excluding hydrogens is 609 g/mol. The fourth-order valence-corrected chi connectivity index (χ4v) is 5.69. The van der Waals surface area contributed by atoms with Crippen molar-refractivity contribution >= 4 is 22.8 Å². The molecule has 1 fully saturated rings. The van der Waals surface area contributed by atoms with E-state index in [1.165, 1.54) is 0 Å². The van der Waals surface area contributed by atoms with Crippen molar-refractivity contribution in [2.45, 2.75) is 31.7 Å². The molecule has 15 heteroatoms. The number of pyridine rings is 2. The summed E-state index contributed by atoms with van der Waals surface area (Å²) in [5.41, 5.74) is 10.3. The molecule has 0 unspecified atom stereocenters. The number of nitrogen functional groups attached to an aromatic ring is 1. The summed E-state index contributed by atoms with van der Waals surface area (Å²) >= 11 is 0. The molecule has 0 aliphatic carbocycles. The maximum Gasteiger partial charge on any atom is 0.504 e. The topological polar surface area (TPSA) is 152 Å². The van der Waals surface area contributed by atoms with E-state index in [1.807, 2.05) is 41.0 Å². The third kappa shape index (κ3) is 6.18. The second-order valence-corrected chi connectivity index (χ2v) is 11.1. The van der Waals surface area contributed by atoms with Crippen molar-refractivity contribution in [3.63, 3.8) is 0 Å². The number of likely N-dealkylation sites (tertiary alicyclic amines) is 1. The molecule has 7 rings (SSSR count). The molecule has 0 atom stereocenters. The van der Waals surface area contributed by atoms with Gasteiger partial charge in [-0.3, -0.25) is 9.47 Å². The van der Waals surface area contributed by atoms with Crippen LogP contribution in [0.1, 0.15) is 24.2 Å². The van der Waals surface area contributed by atoms with Crippen LogP contribution < -0.4 is 11.1 Å². The Morgan fingerprint density at radius 2 is 1.77 bits per heavy atom. The summed E-state index contributed by atoms with van der Waals surface area (Å²) in [6, 6.07) is 18.9. The molecule has 0 bridgehead atoms. The minimum absolute atomic E-state index is 0.0470. The number of hydrogen-bond acceptors (Lipinski definition) is 10. The zero-order valence-electron chi connectivity index (χ0n) is 24.8. The number of nitrogens with zero attached hydrogens (tertiary/aromatic N) is 10. The van der Waals surface area contributed by atoms with Crippen LogP contribution in [0.5, 0.6) is 0 Å². The summed E-state index contributed by atoms with van der Waals surface area (Å²) in [6.45, 7) is 2.55. The highest BCUT2D eigenvalue weighted by Gasteiger charge is 2.32. The zero-order valence-corrected chi connectivity index (χ0v) is 24.8. The van der Waals surface area contributed by atoms with Crippen molar-refractivity contribution in [1.29, 1.82) is 5.26 Å². The maximum atomic E-state index is 13.2. The van der Waals surface area contributed by atoms with Crippen LogP contribution in [0.15, 0.2) is 79.4 Å². The Kier molecular flexibility index (Phi) is 7.70. The predicted molar refractivity (Wildman–Crippen MR) is 168 cm³/mol. The Bertz CT molecular complexity index is 2090. The summed E-state index contributed by atoms with van der Waals surface area (Å²) in [5.74, 6) is 1.59. The number of hydrogen-bond donors (Lipinski definition) is 2. The van der Waals surface area contributed by atoms with Gasteiger partial charge in [-0.25, -0.2) is 24.9 Å². The second-order valence-electron chi connectivity index (χ2n) is 11.1. The lowest BCUT2D eigenvalue weighted by Gasteiger charge is -2.32. The lowest BCUT2D eigenvalue weighted by atomic mass is 10.0. The number of fused-ring (bicyclic) bond motifs is 1. The van der Waals surface area contributed by atoms with E-state index < -0.39 is 6.30 Å². The molecule has 0 amide bonds. The molecule has 5 aromatic heterocycles. The van der Waals surface area contributed by atoms with Crippen LogP contribution in [-0.2, 0) is 12.8 Å². The van der Waals surface area contributed by atoms with Gasteiger partial charge in [-0.05, 0) is 60.9 Å². The van der Waals surface area contributed by atoms with Crippen molar-refractivity contribution in [3.05, 3.63) is 90.8 Å². The summed E-state index contributed by atoms with van der Waals surface area (Å²) < 4.78 is 41.4. The minimum Gasteiger partial charge on any atom is -0.383 e. The van der Waals surface area contributed by atoms with Gasteiger partial charge >= 0.3 is 6.30 Å². The number of anilines is 2. The maximum absolute atomic E-state index is 13.2. The molecule has 0 spiro atoms. The Balaban J connectivity index is 1.14. The van der Waals surface area contributed by atoms with Crippen molar-refractivity contribution < 1.29 is 13.2 Å².